The van der Waals surface area contributed by atoms with Gasteiger partial charge in [-0.1, -0.05) is 26.8 Å². The largest absolute Gasteiger partial charge is 0.388 e. The number of aryl methyl sites for hydroxylation is 1. The van der Waals surface area contributed by atoms with Crippen molar-refractivity contribution in [2.24, 2.45) is 0 Å². The van der Waals surface area contributed by atoms with Crippen LogP contribution in [0, 0.1) is 0 Å². The summed E-state index contributed by atoms with van der Waals surface area (Å²) in [5.74, 6) is 0. The van der Waals surface area contributed by atoms with Crippen LogP contribution in [0.15, 0.2) is 18.3 Å². The van der Waals surface area contributed by atoms with Crippen molar-refractivity contribution in [2.45, 2.75) is 52.2 Å². The van der Waals surface area contributed by atoms with Gasteiger partial charge in [-0.15, -0.1) is 0 Å². The molecule has 0 bridgehead atoms. The highest BCUT2D eigenvalue weighted by Gasteiger charge is 2.21. The Morgan fingerprint density at radius 3 is 2.59 bits per heavy atom. The van der Waals surface area contributed by atoms with Crippen LogP contribution >= 0.6 is 0 Å². The van der Waals surface area contributed by atoms with Gasteiger partial charge in [0.2, 0.25) is 0 Å². The zero-order chi connectivity index (χ0) is 12.9. The second-order valence-electron chi connectivity index (χ2n) is 5.22. The second-order valence-corrected chi connectivity index (χ2v) is 5.22. The minimum absolute atomic E-state index is 0.386. The van der Waals surface area contributed by atoms with E-state index in [1.807, 2.05) is 19.2 Å². The summed E-state index contributed by atoms with van der Waals surface area (Å²) in [6.07, 6.45) is 3.47. The van der Waals surface area contributed by atoms with Crippen LogP contribution in [-0.2, 0) is 12.8 Å². The van der Waals surface area contributed by atoms with Gasteiger partial charge in [-0.25, -0.2) is 0 Å². The molecule has 1 heterocycles. The van der Waals surface area contributed by atoms with Gasteiger partial charge in [0.15, 0.2) is 0 Å². The van der Waals surface area contributed by atoms with E-state index in [1.165, 1.54) is 5.56 Å². The second kappa shape index (κ2) is 6.12. The maximum Gasteiger partial charge on any atom is 0.0798 e. The van der Waals surface area contributed by atoms with Gasteiger partial charge in [-0.05, 0) is 25.0 Å². The minimum Gasteiger partial charge on any atom is -0.388 e. The van der Waals surface area contributed by atoms with Crippen molar-refractivity contribution in [3.63, 3.8) is 0 Å². The molecular weight excluding hydrogens is 212 g/mol. The molecule has 96 valence electrons. The van der Waals surface area contributed by atoms with E-state index in [-0.39, 0.29) is 0 Å². The molecular formula is C14H24N2O. The van der Waals surface area contributed by atoms with Gasteiger partial charge in [-0.3, -0.25) is 4.98 Å². The Morgan fingerprint density at radius 2 is 2.12 bits per heavy atom. The van der Waals surface area contributed by atoms with Crippen LogP contribution in [0.4, 0.5) is 0 Å². The van der Waals surface area contributed by atoms with Crippen molar-refractivity contribution < 1.29 is 5.11 Å². The molecule has 0 saturated heterocycles. The number of nitrogens with one attached hydrogen (secondary N) is 1. The molecule has 0 aliphatic heterocycles. The van der Waals surface area contributed by atoms with Crippen molar-refractivity contribution in [1.29, 1.82) is 0 Å². The Balaban J connectivity index is 2.56. The lowest BCUT2D eigenvalue weighted by Crippen LogP contribution is -2.42. The van der Waals surface area contributed by atoms with Crippen molar-refractivity contribution in [2.75, 3.05) is 6.54 Å². The number of hydrogen-bond acceptors (Lipinski definition) is 3. The number of nitrogens with zero attached hydrogens (tertiary/aromatic N) is 1. The first kappa shape index (κ1) is 14.1. The Labute approximate surface area is 104 Å². The Kier molecular flexibility index (Phi) is 5.09. The van der Waals surface area contributed by atoms with Crippen molar-refractivity contribution in [1.82, 2.24) is 10.3 Å². The average molecular weight is 236 g/mol. The van der Waals surface area contributed by atoms with Crippen LogP contribution in [0.1, 0.15) is 39.0 Å². The van der Waals surface area contributed by atoms with Crippen LogP contribution in [0.2, 0.25) is 0 Å². The Bertz CT molecular complexity index is 331. The van der Waals surface area contributed by atoms with Gasteiger partial charge in [0.1, 0.15) is 0 Å². The van der Waals surface area contributed by atoms with E-state index in [0.29, 0.717) is 19.0 Å². The fraction of sp³-hybridized carbons (Fsp3) is 0.643. The zero-order valence-electron chi connectivity index (χ0n) is 11.3. The van der Waals surface area contributed by atoms with E-state index in [4.69, 9.17) is 0 Å². The van der Waals surface area contributed by atoms with E-state index in [9.17, 15) is 5.11 Å². The summed E-state index contributed by atoms with van der Waals surface area (Å²) >= 11 is 0. The normalized spacial score (nSPS) is 14.9. The molecule has 0 spiro atoms. The van der Waals surface area contributed by atoms with Crippen molar-refractivity contribution in [3.8, 4) is 0 Å². The molecule has 0 aromatic carbocycles. The minimum atomic E-state index is -0.745. The van der Waals surface area contributed by atoms with Gasteiger partial charge >= 0.3 is 0 Å². The molecule has 0 aliphatic carbocycles. The Morgan fingerprint density at radius 1 is 1.41 bits per heavy atom. The fourth-order valence-electron chi connectivity index (χ4n) is 1.65. The lowest BCUT2D eigenvalue weighted by Gasteiger charge is -2.24. The predicted octanol–water partition coefficient (Wildman–Crippen LogP) is 1.94. The molecule has 0 radical (unpaired) electrons. The van der Waals surface area contributed by atoms with E-state index in [1.54, 1.807) is 0 Å². The van der Waals surface area contributed by atoms with Gasteiger partial charge in [-0.2, -0.15) is 0 Å². The highest BCUT2D eigenvalue weighted by Crippen LogP contribution is 2.11. The standard InChI is InChI=1S/C14H24N2O/c1-5-12-6-7-13(15-9-12)8-14(4,17)10-16-11(2)3/h6-7,9,11,16-17H,5,8,10H2,1-4H3. The van der Waals surface area contributed by atoms with Crippen LogP contribution in [0.5, 0.6) is 0 Å². The van der Waals surface area contributed by atoms with Crippen LogP contribution in [-0.4, -0.2) is 28.3 Å². The summed E-state index contributed by atoms with van der Waals surface area (Å²) in [6, 6.07) is 4.47. The zero-order valence-corrected chi connectivity index (χ0v) is 11.3. The molecule has 0 aliphatic rings. The number of aromatic nitrogens is 1. The third-order valence-corrected chi connectivity index (χ3v) is 2.75. The Hall–Kier alpha value is -0.930. The molecule has 0 saturated carbocycles. The molecule has 0 amide bonds. The third-order valence-electron chi connectivity index (χ3n) is 2.75. The summed E-state index contributed by atoms with van der Waals surface area (Å²) in [4.78, 5) is 4.37. The van der Waals surface area contributed by atoms with Crippen molar-refractivity contribution in [3.05, 3.63) is 29.6 Å². The van der Waals surface area contributed by atoms with Crippen LogP contribution in [0.25, 0.3) is 0 Å². The molecule has 1 aromatic heterocycles. The predicted molar refractivity (Wildman–Crippen MR) is 71.1 cm³/mol. The molecule has 1 aromatic rings. The smallest absolute Gasteiger partial charge is 0.0798 e. The molecule has 3 heteroatoms. The lowest BCUT2D eigenvalue weighted by atomic mass is 9.99. The van der Waals surface area contributed by atoms with Gasteiger partial charge < -0.3 is 10.4 Å². The highest BCUT2D eigenvalue weighted by atomic mass is 16.3. The molecule has 1 rings (SSSR count). The lowest BCUT2D eigenvalue weighted by molar-refractivity contribution is 0.0572. The van der Waals surface area contributed by atoms with E-state index < -0.39 is 5.60 Å². The third kappa shape index (κ3) is 5.29. The molecule has 1 unspecified atom stereocenters. The molecule has 1 atom stereocenters. The van der Waals surface area contributed by atoms with Crippen LogP contribution in [0.3, 0.4) is 0 Å². The summed E-state index contributed by atoms with van der Waals surface area (Å²) in [5.41, 5.74) is 1.43. The van der Waals surface area contributed by atoms with E-state index in [2.05, 4.69) is 37.1 Å². The van der Waals surface area contributed by atoms with E-state index >= 15 is 0 Å². The SMILES string of the molecule is CCc1ccc(CC(C)(O)CNC(C)C)nc1. The first-order valence-electron chi connectivity index (χ1n) is 6.32. The monoisotopic (exact) mass is 236 g/mol. The summed E-state index contributed by atoms with van der Waals surface area (Å²) in [6.45, 7) is 8.69. The first-order chi connectivity index (χ1) is 7.93. The molecule has 17 heavy (non-hydrogen) atoms. The molecule has 0 fully saturated rings. The topological polar surface area (TPSA) is 45.1 Å². The van der Waals surface area contributed by atoms with E-state index in [0.717, 1.165) is 12.1 Å². The molecule has 3 nitrogen and oxygen atoms in total. The summed E-state index contributed by atoms with van der Waals surface area (Å²) in [5, 5.41) is 13.5. The molecule has 2 N–H and O–H groups in total. The van der Waals surface area contributed by atoms with Gasteiger partial charge in [0, 0.05) is 30.9 Å². The maximum atomic E-state index is 10.2. The number of hydrogen-bond donors (Lipinski definition) is 2. The van der Waals surface area contributed by atoms with Crippen LogP contribution < -0.4 is 5.32 Å². The number of aliphatic hydroxyl groups is 1. The maximum absolute atomic E-state index is 10.2. The van der Waals surface area contributed by atoms with Crippen molar-refractivity contribution >= 4 is 0 Å². The quantitative estimate of drug-likeness (QED) is 0.793. The van der Waals surface area contributed by atoms with Gasteiger partial charge in [0.05, 0.1) is 5.60 Å². The summed E-state index contributed by atoms with van der Waals surface area (Å²) in [7, 11) is 0. The number of pyridine rings is 1. The summed E-state index contributed by atoms with van der Waals surface area (Å²) < 4.78 is 0. The number of rotatable bonds is 6. The van der Waals surface area contributed by atoms with Gasteiger partial charge in [0.25, 0.3) is 0 Å². The first-order valence-corrected chi connectivity index (χ1v) is 6.32. The average Bonchev–Trinajstić information content (AvgIpc) is 2.27. The fourth-order valence-corrected chi connectivity index (χ4v) is 1.65. The highest BCUT2D eigenvalue weighted by molar-refractivity contribution is 5.15.